The topological polar surface area (TPSA) is 94.1 Å². The molecule has 3 aromatic rings. The fourth-order valence-electron chi connectivity index (χ4n) is 3.74. The molecule has 10 heteroatoms. The minimum Gasteiger partial charge on any atom is -0.545 e. The van der Waals surface area contributed by atoms with Crippen LogP contribution < -0.4 is 19.3 Å². The molecule has 0 aromatic heterocycles. The highest BCUT2D eigenvalue weighted by atomic mass is 19.4. The van der Waals surface area contributed by atoms with Crippen molar-refractivity contribution in [1.82, 2.24) is 0 Å². The molecule has 0 radical (unpaired) electrons. The van der Waals surface area contributed by atoms with Gasteiger partial charge in [0.2, 0.25) is 0 Å². The van der Waals surface area contributed by atoms with Gasteiger partial charge in [0.15, 0.2) is 0 Å². The number of benzene rings is 3. The normalized spacial score (nSPS) is 10.3. The molecule has 0 fully saturated rings. The second-order valence-corrected chi connectivity index (χ2v) is 9.58. The summed E-state index contributed by atoms with van der Waals surface area (Å²) in [5.74, 6) is 10.1. The molecule has 0 aliphatic carbocycles. The molecule has 0 unspecified atom stereocenters. The molecule has 0 N–H and O–H groups in total. The number of halogens is 3. The molecular formula is C36H30F3O7-. The molecule has 0 saturated heterocycles. The van der Waals surface area contributed by atoms with Crippen LogP contribution in [0.5, 0.6) is 17.2 Å². The zero-order valence-electron chi connectivity index (χ0n) is 24.8. The van der Waals surface area contributed by atoms with E-state index in [1.165, 1.54) is 12.1 Å². The van der Waals surface area contributed by atoms with Crippen molar-refractivity contribution in [2.75, 3.05) is 19.8 Å². The third-order valence-electron chi connectivity index (χ3n) is 6.05. The minimum atomic E-state index is -4.93. The van der Waals surface area contributed by atoms with Gasteiger partial charge in [-0.15, -0.1) is 13.2 Å². The molecule has 0 saturated carbocycles. The second-order valence-electron chi connectivity index (χ2n) is 9.58. The van der Waals surface area contributed by atoms with Gasteiger partial charge < -0.3 is 28.8 Å². The number of esters is 1. The molecule has 7 nitrogen and oxygen atoms in total. The molecule has 0 bridgehead atoms. The standard InChI is InChI=1S/C36H31F3O7/c1-3-34(40)45-24-23-44-32-20-14-28(15-21-32)10-16-30-17-11-29(25-33(30)46-36(37,38)39)9-8-27-12-18-31(19-13-27)43-22-6-4-5-7-26(2)35(41)42/h3,11-15,17-21,25H,1-2,4-7,22-24H2,(H,41,42)/p-1. The third kappa shape index (κ3) is 12.9. The van der Waals surface area contributed by atoms with Crippen LogP contribution >= 0.6 is 0 Å². The molecule has 0 atom stereocenters. The minimum absolute atomic E-state index is 0.0255. The molecule has 0 aliphatic heterocycles. The van der Waals surface area contributed by atoms with E-state index in [0.717, 1.165) is 18.9 Å². The van der Waals surface area contributed by atoms with E-state index < -0.39 is 24.1 Å². The maximum atomic E-state index is 13.2. The van der Waals surface area contributed by atoms with E-state index >= 15 is 0 Å². The smallest absolute Gasteiger partial charge is 0.545 e. The van der Waals surface area contributed by atoms with Crippen LogP contribution in [-0.4, -0.2) is 38.1 Å². The van der Waals surface area contributed by atoms with Crippen molar-refractivity contribution in [3.8, 4) is 40.9 Å². The molecular weight excluding hydrogens is 601 g/mol. The van der Waals surface area contributed by atoms with Gasteiger partial charge in [-0.05, 0) is 98.0 Å². The van der Waals surface area contributed by atoms with E-state index in [2.05, 4.69) is 41.6 Å². The Morgan fingerprint density at radius 2 is 1.33 bits per heavy atom. The Labute approximate surface area is 265 Å². The van der Waals surface area contributed by atoms with E-state index in [4.69, 9.17) is 14.2 Å². The first-order valence-corrected chi connectivity index (χ1v) is 14.1. The van der Waals surface area contributed by atoms with Crippen molar-refractivity contribution in [1.29, 1.82) is 0 Å². The van der Waals surface area contributed by atoms with Crippen molar-refractivity contribution in [3.05, 3.63) is 114 Å². The molecule has 0 heterocycles. The zero-order valence-corrected chi connectivity index (χ0v) is 24.8. The number of carboxylic acids is 1. The van der Waals surface area contributed by atoms with Crippen LogP contribution in [0.1, 0.15) is 47.9 Å². The molecule has 3 aromatic carbocycles. The quantitative estimate of drug-likeness (QED) is 0.0970. The van der Waals surface area contributed by atoms with Gasteiger partial charge in [0.05, 0.1) is 18.1 Å². The van der Waals surface area contributed by atoms with Crippen LogP contribution in [0.3, 0.4) is 0 Å². The first kappa shape index (κ1) is 34.9. The van der Waals surface area contributed by atoms with Gasteiger partial charge in [-0.3, -0.25) is 0 Å². The highest BCUT2D eigenvalue weighted by Crippen LogP contribution is 2.27. The third-order valence-corrected chi connectivity index (χ3v) is 6.05. The Hall–Kier alpha value is -5.61. The first-order chi connectivity index (χ1) is 22.0. The summed E-state index contributed by atoms with van der Waals surface area (Å²) >= 11 is 0. The number of hydrogen-bond acceptors (Lipinski definition) is 7. The van der Waals surface area contributed by atoms with Gasteiger partial charge in [-0.2, -0.15) is 0 Å². The van der Waals surface area contributed by atoms with E-state index in [0.29, 0.717) is 47.6 Å². The second kappa shape index (κ2) is 17.6. The predicted molar refractivity (Wildman–Crippen MR) is 163 cm³/mol. The van der Waals surface area contributed by atoms with Crippen LogP contribution in [0.25, 0.3) is 0 Å². The summed E-state index contributed by atoms with van der Waals surface area (Å²) in [5.41, 5.74) is 1.56. The lowest BCUT2D eigenvalue weighted by molar-refractivity contribution is -0.299. The van der Waals surface area contributed by atoms with E-state index in [9.17, 15) is 27.9 Å². The number of carbonyl (C=O) groups excluding carboxylic acids is 2. The molecule has 0 spiro atoms. The van der Waals surface area contributed by atoms with Crippen LogP contribution in [0, 0.1) is 23.7 Å². The van der Waals surface area contributed by atoms with E-state index in [-0.39, 0.29) is 24.4 Å². The fraction of sp³-hybridized carbons (Fsp3) is 0.222. The average molecular weight is 632 g/mol. The maximum absolute atomic E-state index is 13.2. The Bertz CT molecular complexity index is 1640. The summed E-state index contributed by atoms with van der Waals surface area (Å²) in [7, 11) is 0. The highest BCUT2D eigenvalue weighted by Gasteiger charge is 2.32. The number of carboxylic acid groups (broad SMARTS) is 1. The monoisotopic (exact) mass is 631 g/mol. The molecule has 0 aliphatic rings. The Balaban J connectivity index is 1.60. The van der Waals surface area contributed by atoms with Crippen molar-refractivity contribution >= 4 is 11.9 Å². The van der Waals surface area contributed by atoms with Crippen molar-refractivity contribution in [2.45, 2.75) is 32.0 Å². The summed E-state index contributed by atoms with van der Waals surface area (Å²) in [6.45, 7) is 7.38. The number of aliphatic carboxylic acids is 1. The number of unbranched alkanes of at least 4 members (excludes halogenated alkanes) is 2. The Kier molecular flexibility index (Phi) is 13.4. The number of hydrogen-bond donors (Lipinski definition) is 0. The van der Waals surface area contributed by atoms with Crippen molar-refractivity contribution in [3.63, 3.8) is 0 Å². The lowest BCUT2D eigenvalue weighted by Gasteiger charge is -2.11. The molecule has 238 valence electrons. The van der Waals surface area contributed by atoms with Crippen LogP contribution in [0.4, 0.5) is 13.2 Å². The molecule has 0 amide bonds. The van der Waals surface area contributed by atoms with Crippen molar-refractivity contribution < 1.29 is 46.8 Å². The zero-order chi connectivity index (χ0) is 33.4. The number of rotatable bonds is 14. The fourth-order valence-corrected chi connectivity index (χ4v) is 3.74. The Morgan fingerprint density at radius 1 is 0.761 bits per heavy atom. The molecule has 46 heavy (non-hydrogen) atoms. The summed E-state index contributed by atoms with van der Waals surface area (Å²) in [6.07, 6.45) is -1.30. The maximum Gasteiger partial charge on any atom is 0.573 e. The predicted octanol–water partition coefficient (Wildman–Crippen LogP) is 5.74. The lowest BCUT2D eigenvalue weighted by atomic mass is 10.1. The summed E-state index contributed by atoms with van der Waals surface area (Å²) in [4.78, 5) is 21.7. The SMILES string of the molecule is C=CC(=O)OCCOc1ccc(C#Cc2ccc(C#Cc3ccc(OCCCCCC(=C)C(=O)[O-])cc3)cc2OC(F)(F)F)cc1. The van der Waals surface area contributed by atoms with Crippen LogP contribution in [0.15, 0.2) is 91.5 Å². The van der Waals surface area contributed by atoms with Gasteiger partial charge in [-0.1, -0.05) is 36.8 Å². The number of alkyl halides is 3. The average Bonchev–Trinajstić information content (AvgIpc) is 3.03. The highest BCUT2D eigenvalue weighted by molar-refractivity contribution is 5.83. The Morgan fingerprint density at radius 3 is 1.91 bits per heavy atom. The van der Waals surface area contributed by atoms with Gasteiger partial charge in [0, 0.05) is 22.8 Å². The summed E-state index contributed by atoms with van der Waals surface area (Å²) in [6, 6.07) is 17.6. The number of carbonyl (C=O) groups is 2. The summed E-state index contributed by atoms with van der Waals surface area (Å²) < 4.78 is 59.7. The number of ether oxygens (including phenoxy) is 4. The largest absolute Gasteiger partial charge is 0.573 e. The van der Waals surface area contributed by atoms with Gasteiger partial charge in [0.1, 0.15) is 30.5 Å². The van der Waals surface area contributed by atoms with Crippen LogP contribution in [0.2, 0.25) is 0 Å². The van der Waals surface area contributed by atoms with E-state index in [1.807, 2.05) is 0 Å². The first-order valence-electron chi connectivity index (χ1n) is 14.1. The lowest BCUT2D eigenvalue weighted by Crippen LogP contribution is -2.23. The van der Waals surface area contributed by atoms with E-state index in [1.54, 1.807) is 54.6 Å². The van der Waals surface area contributed by atoms with Crippen LogP contribution in [-0.2, 0) is 14.3 Å². The van der Waals surface area contributed by atoms with Gasteiger partial charge in [0.25, 0.3) is 0 Å². The van der Waals surface area contributed by atoms with Gasteiger partial charge in [-0.25, -0.2) is 4.79 Å². The molecule has 3 rings (SSSR count). The van der Waals surface area contributed by atoms with Gasteiger partial charge >= 0.3 is 12.3 Å². The van der Waals surface area contributed by atoms with Crippen molar-refractivity contribution in [2.24, 2.45) is 0 Å². The summed E-state index contributed by atoms with van der Waals surface area (Å²) in [5, 5.41) is 10.6.